The summed E-state index contributed by atoms with van der Waals surface area (Å²) in [7, 11) is 1.57. The molecular formula is C13H18FNO. The van der Waals surface area contributed by atoms with Gasteiger partial charge in [-0.3, -0.25) is 0 Å². The molecule has 0 aliphatic heterocycles. The van der Waals surface area contributed by atoms with Crippen LogP contribution >= 0.6 is 0 Å². The molecule has 0 saturated heterocycles. The summed E-state index contributed by atoms with van der Waals surface area (Å²) in [5.41, 5.74) is 7.10. The molecule has 0 spiro atoms. The molecule has 1 aromatic carbocycles. The van der Waals surface area contributed by atoms with Gasteiger partial charge in [0.2, 0.25) is 0 Å². The van der Waals surface area contributed by atoms with E-state index in [2.05, 4.69) is 0 Å². The number of ether oxygens (including phenoxy) is 1. The van der Waals surface area contributed by atoms with Crippen molar-refractivity contribution in [3.63, 3.8) is 0 Å². The maximum Gasteiger partial charge on any atom is 0.133 e. The summed E-state index contributed by atoms with van der Waals surface area (Å²) in [5.74, 6) is 0.465. The van der Waals surface area contributed by atoms with E-state index in [-0.39, 0.29) is 17.3 Å². The van der Waals surface area contributed by atoms with E-state index >= 15 is 0 Å². The third-order valence-electron chi connectivity index (χ3n) is 3.67. The summed E-state index contributed by atoms with van der Waals surface area (Å²) < 4.78 is 19.5. The van der Waals surface area contributed by atoms with Gasteiger partial charge in [0.15, 0.2) is 0 Å². The first-order chi connectivity index (χ1) is 7.53. The highest BCUT2D eigenvalue weighted by molar-refractivity contribution is 5.47. The van der Waals surface area contributed by atoms with Crippen LogP contribution < -0.4 is 10.5 Å². The second kappa shape index (κ2) is 3.74. The van der Waals surface area contributed by atoms with Crippen LogP contribution in [0.15, 0.2) is 12.1 Å². The molecule has 1 aliphatic carbocycles. The standard InChI is InChI=1S/C13H18FNO/c1-8-4-5-10(16-3)11(12(8)14)13(6-7-13)9(2)15/h4-5,9H,6-7,15H2,1-3H3. The number of hydrogen-bond donors (Lipinski definition) is 1. The summed E-state index contributed by atoms with van der Waals surface area (Å²) in [6.07, 6.45) is 1.89. The Morgan fingerprint density at radius 3 is 2.50 bits per heavy atom. The largest absolute Gasteiger partial charge is 0.496 e. The molecule has 2 N–H and O–H groups in total. The first-order valence-electron chi connectivity index (χ1n) is 5.62. The topological polar surface area (TPSA) is 35.2 Å². The summed E-state index contributed by atoms with van der Waals surface area (Å²) >= 11 is 0. The molecule has 16 heavy (non-hydrogen) atoms. The number of hydrogen-bond acceptors (Lipinski definition) is 2. The van der Waals surface area contributed by atoms with Crippen LogP contribution in [0.5, 0.6) is 5.75 Å². The molecule has 0 radical (unpaired) electrons. The van der Waals surface area contributed by atoms with Crippen LogP contribution in [0.4, 0.5) is 4.39 Å². The molecule has 1 fully saturated rings. The van der Waals surface area contributed by atoms with Crippen molar-refractivity contribution in [3.05, 3.63) is 29.1 Å². The molecule has 3 heteroatoms. The van der Waals surface area contributed by atoms with E-state index in [1.165, 1.54) is 0 Å². The maximum absolute atomic E-state index is 14.2. The van der Waals surface area contributed by atoms with Crippen molar-refractivity contribution in [2.45, 2.75) is 38.1 Å². The van der Waals surface area contributed by atoms with Crippen molar-refractivity contribution in [1.82, 2.24) is 0 Å². The van der Waals surface area contributed by atoms with Crippen molar-refractivity contribution in [2.75, 3.05) is 7.11 Å². The Kier molecular flexibility index (Phi) is 2.66. The third-order valence-corrected chi connectivity index (χ3v) is 3.67. The molecule has 1 unspecified atom stereocenters. The summed E-state index contributed by atoms with van der Waals surface area (Å²) in [6, 6.07) is 3.53. The average molecular weight is 223 g/mol. The number of rotatable bonds is 3. The lowest BCUT2D eigenvalue weighted by molar-refractivity contribution is 0.388. The highest BCUT2D eigenvalue weighted by atomic mass is 19.1. The Hall–Kier alpha value is -1.09. The molecule has 1 aliphatic rings. The molecule has 1 atom stereocenters. The fraction of sp³-hybridized carbons (Fsp3) is 0.538. The fourth-order valence-corrected chi connectivity index (χ4v) is 2.36. The molecule has 0 amide bonds. The predicted molar refractivity (Wildman–Crippen MR) is 62.3 cm³/mol. The number of aryl methyl sites for hydroxylation is 1. The number of halogens is 1. The first-order valence-corrected chi connectivity index (χ1v) is 5.62. The minimum absolute atomic E-state index is 0.0438. The molecule has 2 nitrogen and oxygen atoms in total. The van der Waals surface area contributed by atoms with Crippen LogP contribution in [0, 0.1) is 12.7 Å². The van der Waals surface area contributed by atoms with Crippen LogP contribution in [0.2, 0.25) is 0 Å². The SMILES string of the molecule is COc1ccc(C)c(F)c1C1(C(C)N)CC1. The van der Waals surface area contributed by atoms with Crippen molar-refractivity contribution in [2.24, 2.45) is 5.73 Å². The lowest BCUT2D eigenvalue weighted by atomic mass is 9.87. The second-order valence-corrected chi connectivity index (χ2v) is 4.72. The van der Waals surface area contributed by atoms with Crippen molar-refractivity contribution in [3.8, 4) is 5.75 Å². The zero-order valence-corrected chi connectivity index (χ0v) is 10.0. The average Bonchev–Trinajstić information content (AvgIpc) is 3.03. The van der Waals surface area contributed by atoms with Gasteiger partial charge in [-0.1, -0.05) is 6.07 Å². The third kappa shape index (κ3) is 1.50. The molecule has 0 bridgehead atoms. The van der Waals surface area contributed by atoms with Gasteiger partial charge in [0.25, 0.3) is 0 Å². The molecule has 0 aromatic heterocycles. The maximum atomic E-state index is 14.2. The Morgan fingerprint density at radius 2 is 2.06 bits per heavy atom. The quantitative estimate of drug-likeness (QED) is 0.854. The van der Waals surface area contributed by atoms with Crippen LogP contribution in [-0.2, 0) is 5.41 Å². The van der Waals surface area contributed by atoms with Gasteiger partial charge >= 0.3 is 0 Å². The van der Waals surface area contributed by atoms with Crippen LogP contribution in [0.25, 0.3) is 0 Å². The van der Waals surface area contributed by atoms with E-state index in [9.17, 15) is 4.39 Å². The highest BCUT2D eigenvalue weighted by Crippen LogP contribution is 2.54. The minimum Gasteiger partial charge on any atom is -0.496 e. The minimum atomic E-state index is -0.207. The Bertz CT molecular complexity index is 411. The van der Waals surface area contributed by atoms with E-state index in [0.717, 1.165) is 12.8 Å². The molecule has 0 heterocycles. The number of nitrogens with two attached hydrogens (primary N) is 1. The van der Waals surface area contributed by atoms with Gasteiger partial charge in [-0.25, -0.2) is 4.39 Å². The van der Waals surface area contributed by atoms with E-state index in [4.69, 9.17) is 10.5 Å². The van der Waals surface area contributed by atoms with Gasteiger partial charge in [0.1, 0.15) is 11.6 Å². The Labute approximate surface area is 95.6 Å². The fourth-order valence-electron chi connectivity index (χ4n) is 2.36. The van der Waals surface area contributed by atoms with E-state index in [1.54, 1.807) is 20.1 Å². The van der Waals surface area contributed by atoms with Gasteiger partial charge in [0, 0.05) is 17.0 Å². The van der Waals surface area contributed by atoms with Gasteiger partial charge in [-0.2, -0.15) is 0 Å². The summed E-state index contributed by atoms with van der Waals surface area (Å²) in [4.78, 5) is 0. The second-order valence-electron chi connectivity index (χ2n) is 4.72. The normalized spacial score (nSPS) is 19.3. The summed E-state index contributed by atoms with van der Waals surface area (Å²) in [5, 5.41) is 0. The smallest absolute Gasteiger partial charge is 0.133 e. The lowest BCUT2D eigenvalue weighted by Crippen LogP contribution is -2.32. The molecule has 2 rings (SSSR count). The highest BCUT2D eigenvalue weighted by Gasteiger charge is 2.51. The van der Waals surface area contributed by atoms with Gasteiger partial charge in [0.05, 0.1) is 7.11 Å². The van der Waals surface area contributed by atoms with E-state index < -0.39 is 0 Å². The van der Waals surface area contributed by atoms with Crippen molar-refractivity contribution >= 4 is 0 Å². The lowest BCUT2D eigenvalue weighted by Gasteiger charge is -2.23. The zero-order chi connectivity index (χ0) is 11.9. The van der Waals surface area contributed by atoms with Crippen molar-refractivity contribution in [1.29, 1.82) is 0 Å². The Balaban J connectivity index is 2.58. The van der Waals surface area contributed by atoms with E-state index in [1.807, 2.05) is 13.0 Å². The Morgan fingerprint density at radius 1 is 1.44 bits per heavy atom. The van der Waals surface area contributed by atoms with Crippen LogP contribution in [0.1, 0.15) is 30.9 Å². The molecule has 88 valence electrons. The predicted octanol–water partition coefficient (Wildman–Crippen LogP) is 2.52. The van der Waals surface area contributed by atoms with Crippen LogP contribution in [-0.4, -0.2) is 13.2 Å². The molecule has 1 aromatic rings. The number of methoxy groups -OCH3 is 1. The first kappa shape index (κ1) is 11.4. The zero-order valence-electron chi connectivity index (χ0n) is 10.0. The van der Waals surface area contributed by atoms with Gasteiger partial charge in [-0.05, 0) is 38.3 Å². The van der Waals surface area contributed by atoms with E-state index in [0.29, 0.717) is 16.9 Å². The van der Waals surface area contributed by atoms with Crippen LogP contribution in [0.3, 0.4) is 0 Å². The number of benzene rings is 1. The molecule has 1 saturated carbocycles. The monoisotopic (exact) mass is 223 g/mol. The molecular weight excluding hydrogens is 205 g/mol. The van der Waals surface area contributed by atoms with Gasteiger partial charge in [-0.15, -0.1) is 0 Å². The van der Waals surface area contributed by atoms with Crippen molar-refractivity contribution < 1.29 is 9.13 Å². The summed E-state index contributed by atoms with van der Waals surface area (Å²) in [6.45, 7) is 3.71. The van der Waals surface area contributed by atoms with Gasteiger partial charge < -0.3 is 10.5 Å².